The second-order valence-electron chi connectivity index (χ2n) is 10.7. The van der Waals surface area contributed by atoms with E-state index in [-0.39, 0.29) is 17.5 Å². The SMILES string of the molecule is CCN(C)C(=O)N1CCC[C@@H](c2nc(-c3ccc([C@](C)(O)c4cccc(C(F)(F)F)c4)cc3)c3c(N)nccn23)C1. The topological polar surface area (TPSA) is 100.0 Å². The van der Waals surface area contributed by atoms with Crippen LogP contribution in [0.1, 0.15) is 55.1 Å². The summed E-state index contributed by atoms with van der Waals surface area (Å²) in [5.74, 6) is 1.07. The average Bonchev–Trinajstić information content (AvgIpc) is 3.37. The Labute approximate surface area is 236 Å². The van der Waals surface area contributed by atoms with Crippen molar-refractivity contribution < 1.29 is 23.1 Å². The summed E-state index contributed by atoms with van der Waals surface area (Å²) in [5, 5.41) is 11.3. The summed E-state index contributed by atoms with van der Waals surface area (Å²) in [6, 6.07) is 11.6. The van der Waals surface area contributed by atoms with Gasteiger partial charge in [0.25, 0.3) is 0 Å². The molecule has 0 bridgehead atoms. The van der Waals surface area contributed by atoms with Crippen LogP contribution in [-0.4, -0.2) is 62.0 Å². The van der Waals surface area contributed by atoms with E-state index in [2.05, 4.69) is 4.98 Å². The molecule has 41 heavy (non-hydrogen) atoms. The number of carbonyl (C=O) groups is 1. The smallest absolute Gasteiger partial charge is 0.382 e. The highest BCUT2D eigenvalue weighted by Crippen LogP contribution is 2.37. The summed E-state index contributed by atoms with van der Waals surface area (Å²) in [6.07, 6.45) is 0.613. The van der Waals surface area contributed by atoms with Gasteiger partial charge in [0.2, 0.25) is 0 Å². The van der Waals surface area contributed by atoms with Crippen LogP contribution in [0.15, 0.2) is 60.9 Å². The number of halogens is 3. The van der Waals surface area contributed by atoms with Crippen molar-refractivity contribution >= 4 is 17.4 Å². The van der Waals surface area contributed by atoms with Crippen LogP contribution >= 0.6 is 0 Å². The molecule has 11 heteroatoms. The highest BCUT2D eigenvalue weighted by Gasteiger charge is 2.34. The second-order valence-corrected chi connectivity index (χ2v) is 10.7. The molecule has 0 aliphatic carbocycles. The molecule has 3 N–H and O–H groups in total. The Balaban J connectivity index is 1.50. The van der Waals surface area contributed by atoms with Crippen LogP contribution < -0.4 is 5.73 Å². The largest absolute Gasteiger partial charge is 0.416 e. The summed E-state index contributed by atoms with van der Waals surface area (Å²) < 4.78 is 41.8. The maximum atomic E-state index is 13.3. The first-order chi connectivity index (χ1) is 19.4. The third-order valence-corrected chi connectivity index (χ3v) is 7.94. The summed E-state index contributed by atoms with van der Waals surface area (Å²) >= 11 is 0. The molecule has 2 atom stereocenters. The molecule has 216 valence electrons. The van der Waals surface area contributed by atoms with E-state index in [0.717, 1.165) is 30.8 Å². The number of urea groups is 1. The maximum Gasteiger partial charge on any atom is 0.416 e. The molecule has 2 amide bonds. The predicted octanol–water partition coefficient (Wildman–Crippen LogP) is 5.50. The number of amides is 2. The number of hydrogen-bond donors (Lipinski definition) is 2. The van der Waals surface area contributed by atoms with Crippen molar-refractivity contribution in [1.82, 2.24) is 24.2 Å². The van der Waals surface area contributed by atoms with Gasteiger partial charge in [0.05, 0.1) is 5.56 Å². The lowest BCUT2D eigenvalue weighted by Crippen LogP contribution is -2.45. The number of anilines is 1. The maximum absolute atomic E-state index is 13.3. The third-order valence-electron chi connectivity index (χ3n) is 7.94. The van der Waals surface area contributed by atoms with E-state index in [4.69, 9.17) is 10.7 Å². The van der Waals surface area contributed by atoms with Crippen molar-refractivity contribution in [3.05, 3.63) is 83.4 Å². The highest BCUT2D eigenvalue weighted by molar-refractivity contribution is 5.85. The van der Waals surface area contributed by atoms with E-state index in [1.165, 1.54) is 19.1 Å². The van der Waals surface area contributed by atoms with Gasteiger partial charge in [0.15, 0.2) is 0 Å². The van der Waals surface area contributed by atoms with E-state index >= 15 is 0 Å². The van der Waals surface area contributed by atoms with Gasteiger partial charge >= 0.3 is 12.2 Å². The van der Waals surface area contributed by atoms with Crippen molar-refractivity contribution in [2.24, 2.45) is 0 Å². The van der Waals surface area contributed by atoms with Gasteiger partial charge in [0.1, 0.15) is 28.5 Å². The summed E-state index contributed by atoms with van der Waals surface area (Å²) in [6.45, 7) is 5.24. The Kier molecular flexibility index (Phi) is 7.41. The number of aromatic nitrogens is 3. The van der Waals surface area contributed by atoms with Crippen molar-refractivity contribution in [3.8, 4) is 11.3 Å². The number of alkyl halides is 3. The number of benzene rings is 2. The number of piperidine rings is 1. The number of nitrogen functional groups attached to an aromatic ring is 1. The number of nitrogens with zero attached hydrogens (tertiary/aromatic N) is 5. The van der Waals surface area contributed by atoms with Crippen LogP contribution in [0.3, 0.4) is 0 Å². The lowest BCUT2D eigenvalue weighted by Gasteiger charge is -2.34. The summed E-state index contributed by atoms with van der Waals surface area (Å²) in [4.78, 5) is 25.7. The van der Waals surface area contributed by atoms with Crippen LogP contribution in [0.4, 0.5) is 23.8 Å². The molecule has 1 fully saturated rings. The lowest BCUT2D eigenvalue weighted by atomic mass is 9.87. The number of imidazole rings is 1. The van der Waals surface area contributed by atoms with Crippen LogP contribution in [0.25, 0.3) is 16.8 Å². The minimum absolute atomic E-state index is 0.0112. The molecular formula is C30H33F3N6O2. The quantitative estimate of drug-likeness (QED) is 0.332. The fraction of sp³-hybridized carbons (Fsp3) is 0.367. The van der Waals surface area contributed by atoms with Crippen LogP contribution in [0.2, 0.25) is 0 Å². The van der Waals surface area contributed by atoms with Crippen LogP contribution in [-0.2, 0) is 11.8 Å². The van der Waals surface area contributed by atoms with Crippen molar-refractivity contribution in [2.75, 3.05) is 32.4 Å². The van der Waals surface area contributed by atoms with E-state index in [1.807, 2.05) is 22.4 Å². The monoisotopic (exact) mass is 566 g/mol. The van der Waals surface area contributed by atoms with Gasteiger partial charge in [-0.15, -0.1) is 0 Å². The number of hydrogen-bond acceptors (Lipinski definition) is 5. The Morgan fingerprint density at radius 1 is 1.15 bits per heavy atom. The average molecular weight is 567 g/mol. The molecule has 2 aromatic carbocycles. The zero-order valence-corrected chi connectivity index (χ0v) is 23.2. The molecular weight excluding hydrogens is 533 g/mol. The van der Waals surface area contributed by atoms with E-state index < -0.39 is 17.3 Å². The molecule has 1 aliphatic heterocycles. The highest BCUT2D eigenvalue weighted by atomic mass is 19.4. The summed E-state index contributed by atoms with van der Waals surface area (Å²) in [7, 11) is 1.79. The Bertz CT molecular complexity index is 1560. The first-order valence-electron chi connectivity index (χ1n) is 13.5. The zero-order valence-electron chi connectivity index (χ0n) is 23.2. The molecule has 3 heterocycles. The molecule has 5 rings (SSSR count). The Hall–Kier alpha value is -4.12. The third kappa shape index (κ3) is 5.33. The Morgan fingerprint density at radius 2 is 1.85 bits per heavy atom. The molecule has 1 aliphatic rings. The molecule has 0 unspecified atom stereocenters. The first kappa shape index (κ1) is 28.4. The summed E-state index contributed by atoms with van der Waals surface area (Å²) in [5.41, 5.74) is 6.35. The molecule has 0 radical (unpaired) electrons. The number of carbonyl (C=O) groups excluding carboxylic acids is 1. The molecule has 2 aromatic heterocycles. The van der Waals surface area contributed by atoms with Gasteiger partial charge in [-0.2, -0.15) is 13.2 Å². The van der Waals surface area contributed by atoms with E-state index in [0.29, 0.717) is 47.8 Å². The van der Waals surface area contributed by atoms with Gasteiger partial charge < -0.3 is 20.6 Å². The van der Waals surface area contributed by atoms with E-state index in [9.17, 15) is 23.1 Å². The fourth-order valence-corrected chi connectivity index (χ4v) is 5.43. The number of nitrogens with two attached hydrogens (primary N) is 1. The molecule has 0 saturated carbocycles. The molecule has 8 nitrogen and oxygen atoms in total. The van der Waals surface area contributed by atoms with Crippen molar-refractivity contribution in [2.45, 2.75) is 44.4 Å². The zero-order chi connectivity index (χ0) is 29.5. The number of likely N-dealkylation sites (tertiary alicyclic amines) is 1. The normalized spacial score (nSPS) is 17.4. The molecule has 0 spiro atoms. The molecule has 4 aromatic rings. The predicted molar refractivity (Wildman–Crippen MR) is 150 cm³/mol. The van der Waals surface area contributed by atoms with Crippen LogP contribution in [0, 0.1) is 0 Å². The standard InChI is InChI=1S/C30H33F3N6O2/c1-4-37(3)28(40)38-15-6-7-20(18-38)27-36-24(25-26(34)35-14-16-39(25)27)19-10-12-21(13-11-19)29(2,41)22-8-5-9-23(17-22)30(31,32)33/h5,8-14,16-17,20,41H,4,6-7,15,18H2,1-3H3,(H2,34,35)/t20-,29+/m1/s1. The van der Waals surface area contributed by atoms with Crippen LogP contribution in [0.5, 0.6) is 0 Å². The Morgan fingerprint density at radius 3 is 2.54 bits per heavy atom. The van der Waals surface area contributed by atoms with Crippen molar-refractivity contribution in [3.63, 3.8) is 0 Å². The van der Waals surface area contributed by atoms with Gasteiger partial charge in [-0.3, -0.25) is 4.40 Å². The molecule has 1 saturated heterocycles. The lowest BCUT2D eigenvalue weighted by molar-refractivity contribution is -0.137. The van der Waals surface area contributed by atoms with E-state index in [1.54, 1.807) is 42.4 Å². The number of aliphatic hydroxyl groups is 1. The van der Waals surface area contributed by atoms with Gasteiger partial charge in [-0.25, -0.2) is 14.8 Å². The van der Waals surface area contributed by atoms with Gasteiger partial charge in [-0.1, -0.05) is 36.4 Å². The second kappa shape index (κ2) is 10.7. The van der Waals surface area contributed by atoms with Gasteiger partial charge in [0, 0.05) is 50.6 Å². The minimum Gasteiger partial charge on any atom is -0.382 e. The van der Waals surface area contributed by atoms with Crippen molar-refractivity contribution in [1.29, 1.82) is 0 Å². The number of fused-ring (bicyclic) bond motifs is 1. The minimum atomic E-state index is -4.52. The van der Waals surface area contributed by atoms with Gasteiger partial charge in [-0.05, 0) is 49.9 Å². The number of rotatable bonds is 5. The first-order valence-corrected chi connectivity index (χ1v) is 13.5. The fourth-order valence-electron chi connectivity index (χ4n) is 5.43.